The van der Waals surface area contributed by atoms with E-state index in [1.165, 1.54) is 0 Å². The van der Waals surface area contributed by atoms with Gasteiger partial charge in [-0.1, -0.05) is 11.8 Å². The molecule has 0 aromatic carbocycles. The molecule has 0 radical (unpaired) electrons. The van der Waals surface area contributed by atoms with Gasteiger partial charge in [-0.15, -0.1) is 10.2 Å². The van der Waals surface area contributed by atoms with Crippen molar-refractivity contribution in [2.75, 3.05) is 18.8 Å². The van der Waals surface area contributed by atoms with E-state index in [1.807, 2.05) is 13.8 Å². The fraction of sp³-hybridized carbons (Fsp3) is 0.667. The average molecular weight is 300 g/mol. The molecular weight excluding hydrogens is 280 g/mol. The normalized spacial score (nSPS) is 10.6. The molecule has 0 bridgehead atoms. The molecule has 0 atom stereocenters. The summed E-state index contributed by atoms with van der Waals surface area (Å²) in [4.78, 5) is 24.3. The Morgan fingerprint density at radius 2 is 1.95 bits per heavy atom. The molecule has 1 aromatic heterocycles. The van der Waals surface area contributed by atoms with E-state index in [0.717, 1.165) is 11.8 Å². The summed E-state index contributed by atoms with van der Waals surface area (Å²) >= 11 is 1.11. The number of carbonyl (C=O) groups excluding carboxylic acids is 1. The molecule has 1 heterocycles. The fourth-order valence-electron chi connectivity index (χ4n) is 1.79. The lowest BCUT2D eigenvalue weighted by Gasteiger charge is -2.18. The van der Waals surface area contributed by atoms with Gasteiger partial charge in [-0.05, 0) is 20.8 Å². The Hall–Kier alpha value is -1.57. The number of carbonyl (C=O) groups is 2. The van der Waals surface area contributed by atoms with E-state index in [4.69, 9.17) is 5.11 Å². The summed E-state index contributed by atoms with van der Waals surface area (Å²) in [5, 5.41) is 17.1. The quantitative estimate of drug-likeness (QED) is 0.721. The van der Waals surface area contributed by atoms with Crippen molar-refractivity contribution >= 4 is 23.6 Å². The second kappa shape index (κ2) is 7.88. The minimum absolute atomic E-state index is 0.0673. The molecule has 0 spiro atoms. The largest absolute Gasteiger partial charge is 0.481 e. The first kappa shape index (κ1) is 16.5. The summed E-state index contributed by atoms with van der Waals surface area (Å²) < 4.78 is 1.79. The zero-order valence-corrected chi connectivity index (χ0v) is 12.8. The number of carboxylic acid groups (broad SMARTS) is 1. The number of hydrogen-bond donors (Lipinski definition) is 1. The number of hydrogen-bond acceptors (Lipinski definition) is 5. The van der Waals surface area contributed by atoms with Crippen molar-refractivity contribution in [2.45, 2.75) is 38.9 Å². The minimum Gasteiger partial charge on any atom is -0.481 e. The second-order valence-corrected chi connectivity index (χ2v) is 5.12. The molecule has 0 aliphatic carbocycles. The van der Waals surface area contributed by atoms with Crippen molar-refractivity contribution in [1.82, 2.24) is 19.7 Å². The predicted molar refractivity (Wildman–Crippen MR) is 75.7 cm³/mol. The number of rotatable bonds is 8. The maximum atomic E-state index is 12.0. The van der Waals surface area contributed by atoms with Crippen LogP contribution < -0.4 is 0 Å². The maximum Gasteiger partial charge on any atom is 0.313 e. The fourth-order valence-corrected chi connectivity index (χ4v) is 2.52. The molecule has 0 saturated heterocycles. The highest BCUT2D eigenvalue weighted by atomic mass is 32.2. The summed E-state index contributed by atoms with van der Waals surface area (Å²) in [6, 6.07) is 0. The van der Waals surface area contributed by atoms with E-state index >= 15 is 0 Å². The van der Waals surface area contributed by atoms with Gasteiger partial charge >= 0.3 is 5.97 Å². The Kier molecular flexibility index (Phi) is 6.50. The number of aromatic nitrogens is 3. The summed E-state index contributed by atoms with van der Waals surface area (Å²) in [6.07, 6.45) is 0.362. The second-order valence-electron chi connectivity index (χ2n) is 4.18. The van der Waals surface area contributed by atoms with Gasteiger partial charge in [0.05, 0.1) is 5.75 Å². The molecule has 1 N–H and O–H groups in total. The average Bonchev–Trinajstić information content (AvgIpc) is 2.76. The van der Waals surface area contributed by atoms with Crippen LogP contribution in [-0.4, -0.2) is 55.5 Å². The molecule has 1 amide bonds. The van der Waals surface area contributed by atoms with E-state index in [0.29, 0.717) is 37.0 Å². The minimum atomic E-state index is -0.901. The zero-order chi connectivity index (χ0) is 15.1. The van der Waals surface area contributed by atoms with Crippen LogP contribution in [0.15, 0.2) is 5.16 Å². The zero-order valence-electron chi connectivity index (χ0n) is 12.0. The molecule has 0 fully saturated rings. The van der Waals surface area contributed by atoms with E-state index in [2.05, 4.69) is 10.2 Å². The van der Waals surface area contributed by atoms with E-state index in [9.17, 15) is 9.59 Å². The Bertz CT molecular complexity index is 471. The van der Waals surface area contributed by atoms with Gasteiger partial charge < -0.3 is 14.6 Å². The Morgan fingerprint density at radius 3 is 2.50 bits per heavy atom. The first-order valence-electron chi connectivity index (χ1n) is 6.51. The molecule has 8 heteroatoms. The monoisotopic (exact) mass is 300 g/mol. The molecule has 112 valence electrons. The van der Waals surface area contributed by atoms with E-state index in [1.54, 1.807) is 16.4 Å². The summed E-state index contributed by atoms with van der Waals surface area (Å²) in [7, 11) is 0. The van der Waals surface area contributed by atoms with Gasteiger partial charge in [-0.25, -0.2) is 0 Å². The Balaban J connectivity index is 2.65. The number of nitrogens with zero attached hydrogens (tertiary/aromatic N) is 4. The van der Waals surface area contributed by atoms with Crippen LogP contribution in [0.3, 0.4) is 0 Å². The summed E-state index contributed by atoms with van der Waals surface area (Å²) in [5.74, 6) is -0.203. The van der Waals surface area contributed by atoms with Crippen molar-refractivity contribution in [2.24, 2.45) is 0 Å². The van der Waals surface area contributed by atoms with E-state index in [-0.39, 0.29) is 11.7 Å². The van der Waals surface area contributed by atoms with Crippen molar-refractivity contribution < 1.29 is 14.7 Å². The van der Waals surface area contributed by atoms with Crippen LogP contribution in [0, 0.1) is 6.92 Å². The van der Waals surface area contributed by atoms with Crippen LogP contribution in [0.1, 0.15) is 26.1 Å². The van der Waals surface area contributed by atoms with Gasteiger partial charge in [0.2, 0.25) is 5.91 Å². The third kappa shape index (κ3) is 4.52. The van der Waals surface area contributed by atoms with Crippen molar-refractivity contribution in [3.63, 3.8) is 0 Å². The highest BCUT2D eigenvalue weighted by Gasteiger charge is 2.14. The first-order valence-corrected chi connectivity index (χ1v) is 7.50. The molecule has 0 aliphatic heterocycles. The van der Waals surface area contributed by atoms with Gasteiger partial charge in [-0.2, -0.15) is 0 Å². The van der Waals surface area contributed by atoms with Gasteiger partial charge in [-0.3, -0.25) is 9.59 Å². The lowest BCUT2D eigenvalue weighted by atomic mass is 10.3. The predicted octanol–water partition coefficient (Wildman–Crippen LogP) is 1.02. The number of aryl methyl sites for hydroxylation is 1. The number of carboxylic acids is 1. The Morgan fingerprint density at radius 1 is 1.30 bits per heavy atom. The van der Waals surface area contributed by atoms with Crippen LogP contribution in [0.5, 0.6) is 0 Å². The SMILES string of the molecule is CCN(CC)C(=O)CCn1c(C)nnc1SCC(=O)O. The van der Waals surface area contributed by atoms with Crippen LogP contribution in [0.25, 0.3) is 0 Å². The van der Waals surface area contributed by atoms with Crippen LogP contribution in [0.4, 0.5) is 0 Å². The third-order valence-electron chi connectivity index (χ3n) is 2.89. The molecule has 1 rings (SSSR count). The summed E-state index contributed by atoms with van der Waals surface area (Å²) in [5.41, 5.74) is 0. The summed E-state index contributed by atoms with van der Waals surface area (Å²) in [6.45, 7) is 7.53. The molecule has 7 nitrogen and oxygen atoms in total. The molecule has 20 heavy (non-hydrogen) atoms. The van der Waals surface area contributed by atoms with Gasteiger partial charge in [0.15, 0.2) is 5.16 Å². The van der Waals surface area contributed by atoms with Crippen LogP contribution in [0.2, 0.25) is 0 Å². The third-order valence-corrected chi connectivity index (χ3v) is 3.84. The standard InChI is InChI=1S/C12H20N4O3S/c1-4-15(5-2)10(17)6-7-16-9(3)13-14-12(16)20-8-11(18)19/h4-8H2,1-3H3,(H,18,19). The highest BCUT2D eigenvalue weighted by Crippen LogP contribution is 2.17. The lowest BCUT2D eigenvalue weighted by Crippen LogP contribution is -2.31. The van der Waals surface area contributed by atoms with Crippen molar-refractivity contribution in [1.29, 1.82) is 0 Å². The molecule has 0 aliphatic rings. The Labute approximate surface area is 122 Å². The smallest absolute Gasteiger partial charge is 0.313 e. The first-order chi connectivity index (χ1) is 9.49. The van der Waals surface area contributed by atoms with Gasteiger partial charge in [0.25, 0.3) is 0 Å². The van der Waals surface area contributed by atoms with E-state index < -0.39 is 5.97 Å². The topological polar surface area (TPSA) is 88.3 Å². The van der Waals surface area contributed by atoms with Crippen molar-refractivity contribution in [3.05, 3.63) is 5.82 Å². The highest BCUT2D eigenvalue weighted by molar-refractivity contribution is 7.99. The maximum absolute atomic E-state index is 12.0. The number of amides is 1. The van der Waals surface area contributed by atoms with Crippen molar-refractivity contribution in [3.8, 4) is 0 Å². The molecule has 0 unspecified atom stereocenters. The van der Waals surface area contributed by atoms with Crippen LogP contribution in [-0.2, 0) is 16.1 Å². The molecular formula is C12H20N4O3S. The number of aliphatic carboxylic acids is 1. The molecule has 0 saturated carbocycles. The van der Waals surface area contributed by atoms with Gasteiger partial charge in [0.1, 0.15) is 5.82 Å². The number of thioether (sulfide) groups is 1. The van der Waals surface area contributed by atoms with Crippen LogP contribution >= 0.6 is 11.8 Å². The van der Waals surface area contributed by atoms with Gasteiger partial charge in [0, 0.05) is 26.1 Å². The molecule has 1 aromatic rings. The lowest BCUT2D eigenvalue weighted by molar-refractivity contribution is -0.134.